The summed E-state index contributed by atoms with van der Waals surface area (Å²) in [7, 11) is 0. The minimum atomic E-state index is -0.325. The Bertz CT molecular complexity index is 692. The van der Waals surface area contributed by atoms with Crippen molar-refractivity contribution in [2.45, 2.75) is 13.3 Å². The van der Waals surface area contributed by atoms with Gasteiger partial charge in [0.25, 0.3) is 5.91 Å². The van der Waals surface area contributed by atoms with Crippen molar-refractivity contribution in [3.8, 4) is 10.6 Å². The van der Waals surface area contributed by atoms with Crippen LogP contribution in [0.5, 0.6) is 0 Å². The zero-order valence-corrected chi connectivity index (χ0v) is 13.2. The van der Waals surface area contributed by atoms with E-state index in [2.05, 4.69) is 4.98 Å². The Morgan fingerprint density at radius 2 is 2.19 bits per heavy atom. The first kappa shape index (κ1) is 14.2. The third kappa shape index (κ3) is 2.84. The highest BCUT2D eigenvalue weighted by Crippen LogP contribution is 2.29. The number of nitrogens with two attached hydrogens (primary N) is 1. The molecule has 110 valence electrons. The van der Waals surface area contributed by atoms with Gasteiger partial charge in [-0.05, 0) is 19.4 Å². The number of thiophene rings is 1. The molecular weight excluding hydrogens is 306 g/mol. The molecule has 2 amide bonds. The monoisotopic (exact) mass is 321 g/mol. The van der Waals surface area contributed by atoms with E-state index in [4.69, 9.17) is 5.73 Å². The van der Waals surface area contributed by atoms with Crippen molar-refractivity contribution in [3.63, 3.8) is 0 Å². The summed E-state index contributed by atoms with van der Waals surface area (Å²) >= 11 is 3.11. The van der Waals surface area contributed by atoms with Gasteiger partial charge in [0.2, 0.25) is 5.91 Å². The molecule has 0 aromatic carbocycles. The van der Waals surface area contributed by atoms with Crippen LogP contribution in [0.4, 0.5) is 0 Å². The highest BCUT2D eigenvalue weighted by atomic mass is 32.1. The highest BCUT2D eigenvalue weighted by Gasteiger charge is 2.30. The molecule has 2 aromatic rings. The van der Waals surface area contributed by atoms with Crippen LogP contribution in [0.1, 0.15) is 21.8 Å². The maximum atomic E-state index is 12.4. The number of rotatable bonds is 3. The van der Waals surface area contributed by atoms with Crippen molar-refractivity contribution in [1.29, 1.82) is 0 Å². The number of likely N-dealkylation sites (tertiary alicyclic amines) is 1. The first-order valence-corrected chi connectivity index (χ1v) is 8.40. The Labute approximate surface area is 130 Å². The smallest absolute Gasteiger partial charge is 0.254 e. The Kier molecular flexibility index (Phi) is 3.77. The lowest BCUT2D eigenvalue weighted by Gasteiger charge is -2.14. The van der Waals surface area contributed by atoms with E-state index in [1.807, 2.05) is 23.8 Å². The fraction of sp³-hybridized carbons (Fsp3) is 0.357. The fourth-order valence-corrected chi connectivity index (χ4v) is 3.95. The number of aromatic nitrogens is 1. The molecular formula is C14H15N3O2S2. The molecule has 5 nitrogen and oxygen atoms in total. The Hall–Kier alpha value is -1.73. The molecule has 3 rings (SSSR count). The second-order valence-electron chi connectivity index (χ2n) is 5.09. The van der Waals surface area contributed by atoms with Gasteiger partial charge in [0.1, 0.15) is 0 Å². The zero-order valence-electron chi connectivity index (χ0n) is 11.5. The van der Waals surface area contributed by atoms with Gasteiger partial charge in [-0.3, -0.25) is 9.59 Å². The van der Waals surface area contributed by atoms with E-state index in [-0.39, 0.29) is 17.7 Å². The van der Waals surface area contributed by atoms with E-state index in [9.17, 15) is 9.59 Å². The molecule has 21 heavy (non-hydrogen) atoms. The summed E-state index contributed by atoms with van der Waals surface area (Å²) in [6.45, 7) is 2.98. The Balaban J connectivity index is 1.74. The van der Waals surface area contributed by atoms with E-state index in [0.29, 0.717) is 25.1 Å². The predicted molar refractivity (Wildman–Crippen MR) is 83.4 cm³/mol. The van der Waals surface area contributed by atoms with Gasteiger partial charge >= 0.3 is 0 Å². The summed E-state index contributed by atoms with van der Waals surface area (Å²) in [5, 5.41) is 4.85. The van der Waals surface area contributed by atoms with Crippen LogP contribution >= 0.6 is 22.7 Å². The quantitative estimate of drug-likeness (QED) is 0.941. The number of carbonyl (C=O) groups excluding carboxylic acids is 2. The Morgan fingerprint density at radius 1 is 1.38 bits per heavy atom. The second-order valence-corrected chi connectivity index (χ2v) is 7.06. The molecule has 2 N–H and O–H groups in total. The number of hydrogen-bond donors (Lipinski definition) is 1. The molecule has 1 atom stereocenters. The normalized spacial score (nSPS) is 18.1. The number of primary amides is 1. The lowest BCUT2D eigenvalue weighted by atomic mass is 10.1. The highest BCUT2D eigenvalue weighted by molar-refractivity contribution is 7.14. The molecule has 1 fully saturated rings. The number of carbonyl (C=O) groups is 2. The topological polar surface area (TPSA) is 76.3 Å². The summed E-state index contributed by atoms with van der Waals surface area (Å²) in [6, 6.07) is 1.87. The average Bonchev–Trinajstić information content (AvgIpc) is 3.17. The van der Waals surface area contributed by atoms with Gasteiger partial charge in [-0.1, -0.05) is 0 Å². The van der Waals surface area contributed by atoms with E-state index in [1.165, 1.54) is 11.3 Å². The molecule has 2 aromatic heterocycles. The van der Waals surface area contributed by atoms with Gasteiger partial charge < -0.3 is 10.6 Å². The zero-order chi connectivity index (χ0) is 15.0. The maximum Gasteiger partial charge on any atom is 0.254 e. The first-order chi connectivity index (χ1) is 10.0. The van der Waals surface area contributed by atoms with Crippen molar-refractivity contribution >= 4 is 34.5 Å². The molecule has 1 unspecified atom stereocenters. The third-order valence-corrected chi connectivity index (χ3v) is 5.32. The van der Waals surface area contributed by atoms with Gasteiger partial charge in [-0.2, -0.15) is 0 Å². The summed E-state index contributed by atoms with van der Waals surface area (Å²) in [5.41, 5.74) is 6.87. The summed E-state index contributed by atoms with van der Waals surface area (Å²) in [4.78, 5) is 30.7. The minimum absolute atomic E-state index is 0.0341. The largest absolute Gasteiger partial charge is 0.369 e. The number of aryl methyl sites for hydroxylation is 1. The van der Waals surface area contributed by atoms with Crippen molar-refractivity contribution in [2.75, 3.05) is 13.1 Å². The van der Waals surface area contributed by atoms with Crippen LogP contribution in [-0.2, 0) is 4.79 Å². The molecule has 0 saturated carbocycles. The van der Waals surface area contributed by atoms with Crippen LogP contribution < -0.4 is 5.73 Å². The maximum absolute atomic E-state index is 12.4. The van der Waals surface area contributed by atoms with E-state index in [1.54, 1.807) is 16.2 Å². The van der Waals surface area contributed by atoms with Crippen molar-refractivity contribution in [3.05, 3.63) is 27.4 Å². The van der Waals surface area contributed by atoms with Crippen LogP contribution in [0.2, 0.25) is 0 Å². The SMILES string of the molecule is Cc1nc(-c2cc(C(=O)N3CCC(C(N)=O)C3)cs2)cs1. The Morgan fingerprint density at radius 3 is 2.81 bits per heavy atom. The standard InChI is InChI=1S/C14H15N3O2S2/c1-8-16-11(7-20-8)12-4-10(6-21-12)14(19)17-3-2-9(5-17)13(15)18/h4,6-7,9H,2-3,5H2,1H3,(H2,15,18). The molecule has 3 heterocycles. The summed E-state index contributed by atoms with van der Waals surface area (Å²) in [6.07, 6.45) is 0.656. The lowest BCUT2D eigenvalue weighted by Crippen LogP contribution is -2.31. The average molecular weight is 321 g/mol. The van der Waals surface area contributed by atoms with E-state index < -0.39 is 0 Å². The summed E-state index contributed by atoms with van der Waals surface area (Å²) < 4.78 is 0. The molecule has 1 aliphatic rings. The first-order valence-electron chi connectivity index (χ1n) is 6.64. The lowest BCUT2D eigenvalue weighted by molar-refractivity contribution is -0.121. The molecule has 0 spiro atoms. The molecule has 7 heteroatoms. The van der Waals surface area contributed by atoms with Crippen molar-refractivity contribution in [2.24, 2.45) is 11.7 Å². The van der Waals surface area contributed by atoms with Gasteiger partial charge in [0, 0.05) is 23.8 Å². The van der Waals surface area contributed by atoms with Crippen LogP contribution in [0, 0.1) is 12.8 Å². The van der Waals surface area contributed by atoms with Gasteiger partial charge in [-0.25, -0.2) is 4.98 Å². The number of thiazole rings is 1. The van der Waals surface area contributed by atoms with Crippen LogP contribution in [0.3, 0.4) is 0 Å². The molecule has 1 aliphatic heterocycles. The predicted octanol–water partition coefficient (Wildman–Crippen LogP) is 2.13. The molecule has 0 aliphatic carbocycles. The second kappa shape index (κ2) is 5.57. The third-order valence-electron chi connectivity index (χ3n) is 3.60. The number of hydrogen-bond acceptors (Lipinski definition) is 5. The van der Waals surface area contributed by atoms with E-state index in [0.717, 1.165) is 15.6 Å². The molecule has 0 bridgehead atoms. The van der Waals surface area contributed by atoms with Crippen molar-refractivity contribution in [1.82, 2.24) is 9.88 Å². The number of nitrogens with zero attached hydrogens (tertiary/aromatic N) is 2. The van der Waals surface area contributed by atoms with Crippen LogP contribution in [-0.4, -0.2) is 34.8 Å². The summed E-state index contributed by atoms with van der Waals surface area (Å²) in [5.74, 6) is -0.573. The molecule has 1 saturated heterocycles. The van der Waals surface area contributed by atoms with Crippen LogP contribution in [0.15, 0.2) is 16.8 Å². The van der Waals surface area contributed by atoms with E-state index >= 15 is 0 Å². The number of amides is 2. The van der Waals surface area contributed by atoms with Crippen molar-refractivity contribution < 1.29 is 9.59 Å². The fourth-order valence-electron chi connectivity index (χ4n) is 2.42. The molecule has 0 radical (unpaired) electrons. The van der Waals surface area contributed by atoms with Gasteiger partial charge in [0.15, 0.2) is 0 Å². The van der Waals surface area contributed by atoms with Gasteiger partial charge in [-0.15, -0.1) is 22.7 Å². The minimum Gasteiger partial charge on any atom is -0.369 e. The van der Waals surface area contributed by atoms with Crippen LogP contribution in [0.25, 0.3) is 10.6 Å². The van der Waals surface area contributed by atoms with Gasteiger partial charge in [0.05, 0.1) is 27.1 Å².